The monoisotopic (exact) mass is 213 g/mol. The van der Waals surface area contributed by atoms with Crippen LogP contribution in [-0.4, -0.2) is 11.0 Å². The maximum atomic E-state index is 10.9. The van der Waals surface area contributed by atoms with Crippen molar-refractivity contribution in [2.75, 3.05) is 0 Å². The van der Waals surface area contributed by atoms with Gasteiger partial charge in [0.15, 0.2) is 0 Å². The van der Waals surface area contributed by atoms with E-state index in [2.05, 4.69) is 0 Å². The van der Waals surface area contributed by atoms with E-state index >= 15 is 0 Å². The molecule has 0 saturated heterocycles. The van der Waals surface area contributed by atoms with E-state index in [-0.39, 0.29) is 16.7 Å². The fraction of sp³-hybridized carbons (Fsp3) is 0.300. The van der Waals surface area contributed by atoms with Gasteiger partial charge in [-0.05, 0) is 23.6 Å². The first-order valence-electron chi connectivity index (χ1n) is 4.25. The van der Waals surface area contributed by atoms with E-state index in [0.717, 1.165) is 0 Å². The van der Waals surface area contributed by atoms with E-state index in [9.17, 15) is 9.90 Å². The normalized spacial score (nSPS) is 10.6. The average molecular weight is 214 g/mol. The van der Waals surface area contributed by atoms with E-state index in [1.54, 1.807) is 6.07 Å². The van der Waals surface area contributed by atoms with Gasteiger partial charge in [0.1, 0.15) is 5.75 Å². The Hall–Kier alpha value is -1.22. The number of hydrogen-bond donors (Lipinski definition) is 2. The molecule has 3 nitrogen and oxygen atoms in total. The number of primary amides is 1. The highest BCUT2D eigenvalue weighted by Gasteiger charge is 2.13. The third-order valence-corrected chi connectivity index (χ3v) is 2.29. The molecule has 3 N–H and O–H groups in total. The first-order valence-corrected chi connectivity index (χ1v) is 4.63. The van der Waals surface area contributed by atoms with Gasteiger partial charge < -0.3 is 10.8 Å². The summed E-state index contributed by atoms with van der Waals surface area (Å²) in [5.41, 5.74) is 6.07. The molecule has 0 radical (unpaired) electrons. The summed E-state index contributed by atoms with van der Waals surface area (Å²) in [5.74, 6) is -0.438. The molecule has 0 aromatic heterocycles. The van der Waals surface area contributed by atoms with Crippen molar-refractivity contribution in [3.8, 4) is 5.75 Å². The third-order valence-electron chi connectivity index (χ3n) is 2.00. The van der Waals surface area contributed by atoms with Crippen LogP contribution in [0.1, 0.15) is 35.7 Å². The number of nitrogens with two attached hydrogens (primary N) is 1. The van der Waals surface area contributed by atoms with Crippen LogP contribution < -0.4 is 5.73 Å². The number of halogens is 1. The minimum atomic E-state index is -0.547. The topological polar surface area (TPSA) is 63.3 Å². The van der Waals surface area contributed by atoms with Crippen LogP contribution in [0.4, 0.5) is 0 Å². The molecule has 1 amide bonds. The largest absolute Gasteiger partial charge is 0.506 e. The van der Waals surface area contributed by atoms with Gasteiger partial charge in [0, 0.05) is 5.56 Å². The van der Waals surface area contributed by atoms with Crippen molar-refractivity contribution in [1.29, 1.82) is 0 Å². The van der Waals surface area contributed by atoms with Gasteiger partial charge in [-0.1, -0.05) is 25.4 Å². The van der Waals surface area contributed by atoms with Gasteiger partial charge in [-0.3, -0.25) is 4.79 Å². The minimum Gasteiger partial charge on any atom is -0.506 e. The van der Waals surface area contributed by atoms with Crippen LogP contribution in [0.25, 0.3) is 0 Å². The molecule has 0 aliphatic heterocycles. The van der Waals surface area contributed by atoms with Gasteiger partial charge in [-0.15, -0.1) is 0 Å². The average Bonchev–Trinajstić information content (AvgIpc) is 2.08. The second-order valence-electron chi connectivity index (χ2n) is 3.41. The zero-order chi connectivity index (χ0) is 10.9. The van der Waals surface area contributed by atoms with Gasteiger partial charge in [-0.25, -0.2) is 0 Å². The van der Waals surface area contributed by atoms with Crippen LogP contribution in [0.5, 0.6) is 5.75 Å². The Kier molecular flexibility index (Phi) is 3.01. The van der Waals surface area contributed by atoms with Crippen molar-refractivity contribution in [1.82, 2.24) is 0 Å². The lowest BCUT2D eigenvalue weighted by molar-refractivity contribution is 0.1000. The summed E-state index contributed by atoms with van der Waals surface area (Å²) in [6.45, 7) is 3.80. The van der Waals surface area contributed by atoms with Gasteiger partial charge in [-0.2, -0.15) is 0 Å². The molecule has 0 unspecified atom stereocenters. The summed E-state index contributed by atoms with van der Waals surface area (Å²) in [5, 5.41) is 9.75. The number of phenols is 1. The molecule has 0 atom stereocenters. The molecule has 0 aliphatic rings. The Morgan fingerprint density at radius 2 is 2.07 bits per heavy atom. The predicted octanol–water partition coefficient (Wildman–Crippen LogP) is 2.27. The lowest BCUT2D eigenvalue weighted by atomic mass is 9.99. The summed E-state index contributed by atoms with van der Waals surface area (Å²) in [6, 6.07) is 2.93. The zero-order valence-electron chi connectivity index (χ0n) is 8.04. The molecule has 0 aliphatic carbocycles. The van der Waals surface area contributed by atoms with E-state index in [4.69, 9.17) is 17.3 Å². The number of amides is 1. The van der Waals surface area contributed by atoms with Gasteiger partial charge >= 0.3 is 0 Å². The molecule has 14 heavy (non-hydrogen) atoms. The van der Waals surface area contributed by atoms with Crippen molar-refractivity contribution in [3.63, 3.8) is 0 Å². The number of rotatable bonds is 2. The molecular formula is C10H12ClNO2. The third kappa shape index (κ3) is 1.99. The Labute approximate surface area is 87.5 Å². The summed E-state index contributed by atoms with van der Waals surface area (Å²) in [6.07, 6.45) is 0. The first kappa shape index (κ1) is 10.9. The maximum absolute atomic E-state index is 10.9. The Morgan fingerprint density at radius 3 is 2.50 bits per heavy atom. The van der Waals surface area contributed by atoms with Gasteiger partial charge in [0.2, 0.25) is 5.91 Å². The molecule has 0 heterocycles. The number of carbonyl (C=O) groups excluding carboxylic acids is 1. The number of benzene rings is 1. The highest BCUT2D eigenvalue weighted by molar-refractivity contribution is 6.32. The van der Waals surface area contributed by atoms with Crippen LogP contribution >= 0.6 is 11.6 Å². The van der Waals surface area contributed by atoms with Crippen molar-refractivity contribution >= 4 is 17.5 Å². The molecule has 1 aromatic carbocycles. The molecule has 1 aromatic rings. The van der Waals surface area contributed by atoms with Crippen molar-refractivity contribution in [3.05, 3.63) is 28.3 Å². The molecule has 0 saturated carbocycles. The summed E-state index contributed by atoms with van der Waals surface area (Å²) >= 11 is 5.75. The highest BCUT2D eigenvalue weighted by atomic mass is 35.5. The highest BCUT2D eigenvalue weighted by Crippen LogP contribution is 2.33. The molecular weight excluding hydrogens is 202 g/mol. The number of phenolic OH excluding ortho intramolecular Hbond substituents is 1. The van der Waals surface area contributed by atoms with E-state index in [1.165, 1.54) is 6.07 Å². The van der Waals surface area contributed by atoms with Crippen LogP contribution in [-0.2, 0) is 0 Å². The Balaban J connectivity index is 3.35. The quantitative estimate of drug-likeness (QED) is 0.792. The minimum absolute atomic E-state index is 0.0201. The molecule has 0 fully saturated rings. The van der Waals surface area contributed by atoms with Crippen LogP contribution in [0.2, 0.25) is 5.02 Å². The summed E-state index contributed by atoms with van der Waals surface area (Å²) in [4.78, 5) is 10.9. The van der Waals surface area contributed by atoms with Crippen molar-refractivity contribution in [2.24, 2.45) is 5.73 Å². The second-order valence-corrected chi connectivity index (χ2v) is 3.82. The molecule has 4 heteroatoms. The Morgan fingerprint density at radius 1 is 1.50 bits per heavy atom. The van der Waals surface area contributed by atoms with Gasteiger partial charge in [0.05, 0.1) is 5.02 Å². The van der Waals surface area contributed by atoms with E-state index in [0.29, 0.717) is 11.1 Å². The molecule has 0 bridgehead atoms. The number of aromatic hydroxyl groups is 1. The smallest absolute Gasteiger partial charge is 0.248 e. The van der Waals surface area contributed by atoms with Crippen molar-refractivity contribution < 1.29 is 9.90 Å². The molecule has 0 spiro atoms. The molecule has 1 rings (SSSR count). The second kappa shape index (κ2) is 3.88. The SMILES string of the molecule is CC(C)c1cc(C(N)=O)cc(Cl)c1O. The van der Waals surface area contributed by atoms with Crippen LogP contribution in [0.3, 0.4) is 0 Å². The predicted molar refractivity (Wildman–Crippen MR) is 55.7 cm³/mol. The summed E-state index contributed by atoms with van der Waals surface area (Å²) in [7, 11) is 0. The number of carbonyl (C=O) groups is 1. The molecule has 76 valence electrons. The van der Waals surface area contributed by atoms with Crippen molar-refractivity contribution in [2.45, 2.75) is 19.8 Å². The van der Waals surface area contributed by atoms with E-state index in [1.807, 2.05) is 13.8 Å². The zero-order valence-corrected chi connectivity index (χ0v) is 8.80. The van der Waals surface area contributed by atoms with Crippen LogP contribution in [0.15, 0.2) is 12.1 Å². The fourth-order valence-electron chi connectivity index (χ4n) is 1.20. The number of hydrogen-bond acceptors (Lipinski definition) is 2. The van der Waals surface area contributed by atoms with E-state index < -0.39 is 5.91 Å². The van der Waals surface area contributed by atoms with Gasteiger partial charge in [0.25, 0.3) is 0 Å². The lowest BCUT2D eigenvalue weighted by Gasteiger charge is -2.10. The maximum Gasteiger partial charge on any atom is 0.248 e. The fourth-order valence-corrected chi connectivity index (χ4v) is 1.43. The first-order chi connectivity index (χ1) is 6.43. The summed E-state index contributed by atoms with van der Waals surface area (Å²) < 4.78 is 0. The van der Waals surface area contributed by atoms with Crippen LogP contribution in [0, 0.1) is 0 Å². The Bertz CT molecular complexity index is 375. The lowest BCUT2D eigenvalue weighted by Crippen LogP contribution is -2.11. The standard InChI is InChI=1S/C10H12ClNO2/c1-5(2)7-3-6(10(12)14)4-8(11)9(7)13/h3-5,13H,1-2H3,(H2,12,14).